The molecule has 0 spiro atoms. The molecule has 5 atom stereocenters. The van der Waals surface area contributed by atoms with E-state index >= 15 is 0 Å². The van der Waals surface area contributed by atoms with Gasteiger partial charge in [-0.25, -0.2) is 4.98 Å². The molecule has 2 heterocycles. The van der Waals surface area contributed by atoms with Crippen molar-refractivity contribution in [2.45, 2.75) is 98.5 Å². The Kier molecular flexibility index (Phi) is 10.4. The summed E-state index contributed by atoms with van der Waals surface area (Å²) in [5, 5.41) is 21.6. The SMILES string of the molecule is CC(=Cc1coc(CN)n1)[C@@H]1C/C=C(/C)CCC[C@H](C)[C@H](O)[C@@H](C)C(=O)C(C)(C)[C@@H](O)CC(=O)O1. The van der Waals surface area contributed by atoms with Crippen molar-refractivity contribution in [2.75, 3.05) is 0 Å². The van der Waals surface area contributed by atoms with E-state index in [9.17, 15) is 19.8 Å². The zero-order valence-electron chi connectivity index (χ0n) is 21.9. The second kappa shape index (κ2) is 12.6. The van der Waals surface area contributed by atoms with E-state index in [0.717, 1.165) is 30.4 Å². The molecule has 4 N–H and O–H groups in total. The first-order valence-electron chi connectivity index (χ1n) is 12.4. The van der Waals surface area contributed by atoms with Gasteiger partial charge < -0.3 is 25.1 Å². The summed E-state index contributed by atoms with van der Waals surface area (Å²) in [6, 6.07) is 0. The van der Waals surface area contributed by atoms with Crippen LogP contribution in [0.2, 0.25) is 0 Å². The van der Waals surface area contributed by atoms with Crippen LogP contribution in [0.25, 0.3) is 6.08 Å². The molecule has 0 unspecified atom stereocenters. The summed E-state index contributed by atoms with van der Waals surface area (Å²) in [6.45, 7) is 10.9. The number of rotatable bonds is 3. The summed E-state index contributed by atoms with van der Waals surface area (Å²) in [5.41, 5.74) is 6.87. The van der Waals surface area contributed by atoms with Crippen LogP contribution in [-0.2, 0) is 20.9 Å². The van der Waals surface area contributed by atoms with Crippen LogP contribution in [0.3, 0.4) is 0 Å². The number of oxazole rings is 1. The fourth-order valence-corrected chi connectivity index (χ4v) is 4.44. The predicted octanol–water partition coefficient (Wildman–Crippen LogP) is 3.95. The Labute approximate surface area is 208 Å². The molecular formula is C27H42N2O6. The molecule has 1 aliphatic rings. The first-order valence-corrected chi connectivity index (χ1v) is 12.4. The highest BCUT2D eigenvalue weighted by molar-refractivity contribution is 5.88. The second-order valence-corrected chi connectivity index (χ2v) is 10.5. The quantitative estimate of drug-likeness (QED) is 0.428. The molecule has 2 rings (SSSR count). The van der Waals surface area contributed by atoms with Crippen molar-refractivity contribution < 1.29 is 29.0 Å². The Bertz CT molecular complexity index is 932. The van der Waals surface area contributed by atoms with Gasteiger partial charge in [-0.1, -0.05) is 39.3 Å². The van der Waals surface area contributed by atoms with Gasteiger partial charge in [0.1, 0.15) is 23.8 Å². The summed E-state index contributed by atoms with van der Waals surface area (Å²) in [7, 11) is 0. The standard InChI is InChI=1S/C27H42N2O6/c1-16-8-7-9-17(2)25(32)19(4)26(33)27(5,6)22(30)13-24(31)35-21(11-10-16)18(3)12-20-15-34-23(14-28)29-20/h10,12,15,17,19,21-22,25,30,32H,7-9,11,13-14,28H2,1-6H3/b16-10-,18-12?/t17-,19+,21-,22-,25-/m0/s1. The second-order valence-electron chi connectivity index (χ2n) is 10.5. The number of hydrogen-bond donors (Lipinski definition) is 3. The van der Waals surface area contributed by atoms with Crippen molar-refractivity contribution in [3.8, 4) is 0 Å². The number of ketones is 1. The van der Waals surface area contributed by atoms with E-state index in [2.05, 4.69) is 11.1 Å². The molecule has 8 nitrogen and oxygen atoms in total. The van der Waals surface area contributed by atoms with Crippen LogP contribution in [-0.4, -0.2) is 45.3 Å². The number of cyclic esters (lactones) is 1. The number of carbonyl (C=O) groups is 2. The van der Waals surface area contributed by atoms with Crippen LogP contribution in [0, 0.1) is 17.3 Å². The fourth-order valence-electron chi connectivity index (χ4n) is 4.44. The van der Waals surface area contributed by atoms with E-state index in [1.807, 2.05) is 20.8 Å². The van der Waals surface area contributed by atoms with Gasteiger partial charge in [0.25, 0.3) is 0 Å². The molecule has 8 heteroatoms. The average Bonchev–Trinajstić information content (AvgIpc) is 3.26. The molecule has 0 saturated heterocycles. The number of carbonyl (C=O) groups excluding carboxylic acids is 2. The molecule has 0 amide bonds. The van der Waals surface area contributed by atoms with E-state index in [0.29, 0.717) is 18.0 Å². The molecule has 0 bridgehead atoms. The number of aromatic nitrogens is 1. The first kappa shape index (κ1) is 28.9. The van der Waals surface area contributed by atoms with E-state index < -0.39 is 35.6 Å². The number of hydrogen-bond acceptors (Lipinski definition) is 8. The Morgan fingerprint density at radius 2 is 1.97 bits per heavy atom. The lowest BCUT2D eigenvalue weighted by Gasteiger charge is -2.34. The lowest BCUT2D eigenvalue weighted by molar-refractivity contribution is -0.154. The molecule has 0 fully saturated rings. The molecule has 0 saturated carbocycles. The van der Waals surface area contributed by atoms with Crippen molar-refractivity contribution in [1.82, 2.24) is 4.98 Å². The molecule has 1 aliphatic heterocycles. The number of aliphatic hydroxyl groups is 2. The van der Waals surface area contributed by atoms with Crippen molar-refractivity contribution in [2.24, 2.45) is 23.0 Å². The van der Waals surface area contributed by atoms with Crippen LogP contribution in [0.15, 0.2) is 27.9 Å². The largest absolute Gasteiger partial charge is 0.457 e. The summed E-state index contributed by atoms with van der Waals surface area (Å²) in [5.74, 6) is -1.17. The molecule has 0 aromatic carbocycles. The van der Waals surface area contributed by atoms with Gasteiger partial charge in [-0.15, -0.1) is 0 Å². The molecule has 0 radical (unpaired) electrons. The third-order valence-corrected chi connectivity index (χ3v) is 7.15. The van der Waals surface area contributed by atoms with Gasteiger partial charge in [0.05, 0.1) is 30.6 Å². The molecule has 1 aromatic rings. The van der Waals surface area contributed by atoms with Crippen LogP contribution in [0.1, 0.15) is 85.2 Å². The minimum atomic E-state index is -1.25. The van der Waals surface area contributed by atoms with Crippen LogP contribution >= 0.6 is 0 Å². The van der Waals surface area contributed by atoms with Gasteiger partial charge in [-0.3, -0.25) is 9.59 Å². The first-order chi connectivity index (χ1) is 16.4. The monoisotopic (exact) mass is 490 g/mol. The van der Waals surface area contributed by atoms with Crippen LogP contribution in [0.4, 0.5) is 0 Å². The highest BCUT2D eigenvalue weighted by atomic mass is 16.5. The zero-order valence-corrected chi connectivity index (χ0v) is 21.9. The molecule has 35 heavy (non-hydrogen) atoms. The van der Waals surface area contributed by atoms with Gasteiger partial charge >= 0.3 is 5.97 Å². The number of nitrogens with two attached hydrogens (primary N) is 1. The number of esters is 1. The fraction of sp³-hybridized carbons (Fsp3) is 0.667. The van der Waals surface area contributed by atoms with Gasteiger partial charge in [0.2, 0.25) is 5.89 Å². The minimum Gasteiger partial charge on any atom is -0.457 e. The predicted molar refractivity (Wildman–Crippen MR) is 134 cm³/mol. The summed E-state index contributed by atoms with van der Waals surface area (Å²) in [4.78, 5) is 30.3. The normalized spacial score (nSPS) is 31.5. The Morgan fingerprint density at radius 3 is 2.60 bits per heavy atom. The van der Waals surface area contributed by atoms with E-state index in [1.54, 1.807) is 26.8 Å². The van der Waals surface area contributed by atoms with Crippen LogP contribution in [0.5, 0.6) is 0 Å². The maximum atomic E-state index is 13.2. The number of aliphatic hydroxyl groups excluding tert-OH is 2. The summed E-state index contributed by atoms with van der Waals surface area (Å²) in [6.07, 6.45) is 5.35. The van der Waals surface area contributed by atoms with Gasteiger partial charge in [0, 0.05) is 12.3 Å². The summed E-state index contributed by atoms with van der Waals surface area (Å²) >= 11 is 0. The number of nitrogens with zero attached hydrogens (tertiary/aromatic N) is 1. The van der Waals surface area contributed by atoms with Gasteiger partial charge in [-0.05, 0) is 50.7 Å². The molecular weight excluding hydrogens is 448 g/mol. The number of ether oxygens (including phenoxy) is 1. The average molecular weight is 491 g/mol. The lowest BCUT2D eigenvalue weighted by atomic mass is 9.73. The van der Waals surface area contributed by atoms with Crippen molar-refractivity contribution in [3.63, 3.8) is 0 Å². The smallest absolute Gasteiger partial charge is 0.309 e. The van der Waals surface area contributed by atoms with Crippen molar-refractivity contribution in [1.29, 1.82) is 0 Å². The molecule has 1 aromatic heterocycles. The van der Waals surface area contributed by atoms with E-state index in [-0.39, 0.29) is 24.7 Å². The maximum Gasteiger partial charge on any atom is 0.309 e. The Morgan fingerprint density at radius 1 is 1.29 bits per heavy atom. The van der Waals surface area contributed by atoms with E-state index in [4.69, 9.17) is 14.9 Å². The molecule has 196 valence electrons. The highest BCUT2D eigenvalue weighted by Gasteiger charge is 2.42. The number of Topliss-reactive ketones (excluding diaryl/α,β-unsaturated/α-hetero) is 1. The van der Waals surface area contributed by atoms with E-state index in [1.165, 1.54) is 6.26 Å². The van der Waals surface area contributed by atoms with Crippen molar-refractivity contribution in [3.05, 3.63) is 35.1 Å². The van der Waals surface area contributed by atoms with Crippen molar-refractivity contribution >= 4 is 17.8 Å². The highest BCUT2D eigenvalue weighted by Crippen LogP contribution is 2.32. The third-order valence-electron chi connectivity index (χ3n) is 7.15. The van der Waals surface area contributed by atoms with Gasteiger partial charge in [0.15, 0.2) is 0 Å². The summed E-state index contributed by atoms with van der Waals surface area (Å²) < 4.78 is 11.1. The zero-order chi connectivity index (χ0) is 26.3. The minimum absolute atomic E-state index is 0.0636. The van der Waals surface area contributed by atoms with Crippen LogP contribution < -0.4 is 5.73 Å². The lowest BCUT2D eigenvalue weighted by Crippen LogP contribution is -2.45. The topological polar surface area (TPSA) is 136 Å². The Hall–Kier alpha value is -2.29. The molecule has 0 aliphatic carbocycles. The maximum absolute atomic E-state index is 13.2. The Balaban J connectivity index is 2.33. The van der Waals surface area contributed by atoms with Gasteiger partial charge in [-0.2, -0.15) is 0 Å². The third kappa shape index (κ3) is 7.85. The number of allylic oxidation sites excluding steroid dienone is 1.